The van der Waals surface area contributed by atoms with Crippen LogP contribution in [-0.4, -0.2) is 11.1 Å². The molecule has 0 aliphatic carbocycles. The fraction of sp³-hybridized carbons (Fsp3) is 0.0714. The maximum Gasteiger partial charge on any atom is 0.335 e. The molecule has 0 radical (unpaired) electrons. The highest BCUT2D eigenvalue weighted by atomic mass is 35.5. The molecule has 0 spiro atoms. The summed E-state index contributed by atoms with van der Waals surface area (Å²) in [6.07, 6.45) is 0. The Kier molecular flexibility index (Phi) is 4.28. The largest absolute Gasteiger partial charge is 0.478 e. The third kappa shape index (κ3) is 3.52. The van der Waals surface area contributed by atoms with Crippen LogP contribution in [0.3, 0.4) is 0 Å². The zero-order valence-corrected chi connectivity index (χ0v) is 11.0. The standard InChI is InChI=1S/C14H11ClO2S/c15-12-4-6-13(7-5-12)18-9-10-2-1-3-11(8-10)14(16)17/h1-8H,9H2,(H,16,17). The number of benzene rings is 2. The van der Waals surface area contributed by atoms with E-state index in [1.165, 1.54) is 0 Å². The Morgan fingerprint density at radius 1 is 1.17 bits per heavy atom. The highest BCUT2D eigenvalue weighted by molar-refractivity contribution is 7.98. The van der Waals surface area contributed by atoms with Gasteiger partial charge in [0.2, 0.25) is 0 Å². The second kappa shape index (κ2) is 5.94. The molecule has 0 aromatic heterocycles. The number of carboxylic acid groups (broad SMARTS) is 1. The second-order valence-electron chi connectivity index (χ2n) is 3.75. The van der Waals surface area contributed by atoms with Gasteiger partial charge in [0.1, 0.15) is 0 Å². The van der Waals surface area contributed by atoms with E-state index >= 15 is 0 Å². The van der Waals surface area contributed by atoms with Crippen molar-refractivity contribution in [3.05, 3.63) is 64.7 Å². The lowest BCUT2D eigenvalue weighted by molar-refractivity contribution is 0.0697. The summed E-state index contributed by atoms with van der Waals surface area (Å²) >= 11 is 7.46. The van der Waals surface area contributed by atoms with E-state index in [0.717, 1.165) is 16.2 Å². The minimum absolute atomic E-state index is 0.323. The molecule has 0 aliphatic rings. The summed E-state index contributed by atoms with van der Waals surface area (Å²) in [4.78, 5) is 12.0. The van der Waals surface area contributed by atoms with Gasteiger partial charge in [-0.25, -0.2) is 4.79 Å². The highest BCUT2D eigenvalue weighted by Crippen LogP contribution is 2.24. The molecule has 0 unspecified atom stereocenters. The van der Waals surface area contributed by atoms with Crippen LogP contribution >= 0.6 is 23.4 Å². The van der Waals surface area contributed by atoms with Crippen molar-refractivity contribution in [2.24, 2.45) is 0 Å². The summed E-state index contributed by atoms with van der Waals surface area (Å²) in [5, 5.41) is 9.62. The molecule has 0 saturated heterocycles. The van der Waals surface area contributed by atoms with E-state index in [2.05, 4.69) is 0 Å². The molecule has 0 atom stereocenters. The van der Waals surface area contributed by atoms with Crippen LogP contribution < -0.4 is 0 Å². The fourth-order valence-electron chi connectivity index (χ4n) is 1.49. The van der Waals surface area contributed by atoms with Gasteiger partial charge in [-0.2, -0.15) is 0 Å². The van der Waals surface area contributed by atoms with Gasteiger partial charge in [-0.15, -0.1) is 11.8 Å². The number of aromatic carboxylic acids is 1. The van der Waals surface area contributed by atoms with Gasteiger partial charge in [0.25, 0.3) is 0 Å². The Hall–Kier alpha value is -1.45. The van der Waals surface area contributed by atoms with Gasteiger partial charge in [-0.3, -0.25) is 0 Å². The molecule has 0 amide bonds. The van der Waals surface area contributed by atoms with Gasteiger partial charge in [0, 0.05) is 15.7 Å². The van der Waals surface area contributed by atoms with Crippen molar-refractivity contribution in [1.82, 2.24) is 0 Å². The minimum atomic E-state index is -0.895. The van der Waals surface area contributed by atoms with Crippen molar-refractivity contribution in [2.45, 2.75) is 10.6 Å². The maximum atomic E-state index is 10.8. The Morgan fingerprint density at radius 2 is 1.89 bits per heavy atom. The molecule has 4 heteroatoms. The van der Waals surface area contributed by atoms with E-state index in [0.29, 0.717) is 10.6 Å². The predicted molar refractivity (Wildman–Crippen MR) is 74.4 cm³/mol. The highest BCUT2D eigenvalue weighted by Gasteiger charge is 2.03. The zero-order valence-electron chi connectivity index (χ0n) is 9.47. The van der Waals surface area contributed by atoms with Crippen LogP contribution in [0.2, 0.25) is 5.02 Å². The summed E-state index contributed by atoms with van der Waals surface area (Å²) in [5.74, 6) is -0.156. The van der Waals surface area contributed by atoms with Gasteiger partial charge in [0.15, 0.2) is 0 Å². The number of thioether (sulfide) groups is 1. The van der Waals surface area contributed by atoms with E-state index in [4.69, 9.17) is 16.7 Å². The molecule has 0 bridgehead atoms. The quantitative estimate of drug-likeness (QED) is 0.846. The molecule has 0 heterocycles. The van der Waals surface area contributed by atoms with Gasteiger partial charge in [0.05, 0.1) is 5.56 Å². The van der Waals surface area contributed by atoms with Crippen LogP contribution in [0.4, 0.5) is 0 Å². The number of hydrogen-bond acceptors (Lipinski definition) is 2. The summed E-state index contributed by atoms with van der Waals surface area (Å²) in [5.41, 5.74) is 1.32. The molecule has 2 aromatic rings. The number of carbonyl (C=O) groups is 1. The van der Waals surface area contributed by atoms with Crippen LogP contribution in [-0.2, 0) is 5.75 Å². The first-order chi connectivity index (χ1) is 8.65. The van der Waals surface area contributed by atoms with Crippen molar-refractivity contribution in [2.75, 3.05) is 0 Å². The molecule has 92 valence electrons. The average Bonchev–Trinajstić information content (AvgIpc) is 2.38. The van der Waals surface area contributed by atoms with Crippen LogP contribution in [0, 0.1) is 0 Å². The van der Waals surface area contributed by atoms with Crippen molar-refractivity contribution in [1.29, 1.82) is 0 Å². The van der Waals surface area contributed by atoms with Crippen molar-refractivity contribution < 1.29 is 9.90 Å². The summed E-state index contributed by atoms with van der Waals surface area (Å²) in [7, 11) is 0. The minimum Gasteiger partial charge on any atom is -0.478 e. The molecule has 0 aliphatic heterocycles. The van der Waals surface area contributed by atoms with Crippen LogP contribution in [0.15, 0.2) is 53.4 Å². The van der Waals surface area contributed by atoms with E-state index in [1.54, 1.807) is 30.0 Å². The molecule has 2 rings (SSSR count). The third-order valence-electron chi connectivity index (χ3n) is 2.39. The Balaban J connectivity index is 2.04. The van der Waals surface area contributed by atoms with Gasteiger partial charge >= 0.3 is 5.97 Å². The first-order valence-electron chi connectivity index (χ1n) is 5.36. The van der Waals surface area contributed by atoms with Crippen LogP contribution in [0.25, 0.3) is 0 Å². The van der Waals surface area contributed by atoms with Gasteiger partial charge < -0.3 is 5.11 Å². The maximum absolute atomic E-state index is 10.8. The summed E-state index contributed by atoms with van der Waals surface area (Å²) < 4.78 is 0. The fourth-order valence-corrected chi connectivity index (χ4v) is 2.46. The normalized spacial score (nSPS) is 10.3. The number of rotatable bonds is 4. The van der Waals surface area contributed by atoms with Crippen molar-refractivity contribution in [3.63, 3.8) is 0 Å². The average molecular weight is 279 g/mol. The molecule has 18 heavy (non-hydrogen) atoms. The lowest BCUT2D eigenvalue weighted by atomic mass is 10.1. The molecular weight excluding hydrogens is 268 g/mol. The van der Waals surface area contributed by atoms with E-state index in [9.17, 15) is 4.79 Å². The molecule has 1 N–H and O–H groups in total. The topological polar surface area (TPSA) is 37.3 Å². The zero-order chi connectivity index (χ0) is 13.0. The van der Waals surface area contributed by atoms with E-state index < -0.39 is 5.97 Å². The van der Waals surface area contributed by atoms with Crippen molar-refractivity contribution in [3.8, 4) is 0 Å². The summed E-state index contributed by atoms with van der Waals surface area (Å²) in [6.45, 7) is 0. The lowest BCUT2D eigenvalue weighted by Crippen LogP contribution is -1.96. The SMILES string of the molecule is O=C(O)c1cccc(CSc2ccc(Cl)cc2)c1. The Labute approximate surface area is 115 Å². The smallest absolute Gasteiger partial charge is 0.335 e. The number of halogens is 1. The van der Waals surface area contributed by atoms with Crippen LogP contribution in [0.5, 0.6) is 0 Å². The van der Waals surface area contributed by atoms with Gasteiger partial charge in [-0.05, 0) is 42.0 Å². The molecular formula is C14H11ClO2S. The van der Waals surface area contributed by atoms with Gasteiger partial charge in [-0.1, -0.05) is 23.7 Å². The first kappa shape index (κ1) is 13.0. The van der Waals surface area contributed by atoms with Crippen molar-refractivity contribution >= 4 is 29.3 Å². The molecule has 0 fully saturated rings. The molecule has 2 aromatic carbocycles. The monoisotopic (exact) mass is 278 g/mol. The number of hydrogen-bond donors (Lipinski definition) is 1. The number of carboxylic acids is 1. The van der Waals surface area contributed by atoms with E-state index in [-0.39, 0.29) is 0 Å². The molecule has 0 saturated carbocycles. The molecule has 2 nitrogen and oxygen atoms in total. The second-order valence-corrected chi connectivity index (χ2v) is 5.23. The predicted octanol–water partition coefficient (Wildman–Crippen LogP) is 4.33. The van der Waals surface area contributed by atoms with Crippen LogP contribution in [0.1, 0.15) is 15.9 Å². The summed E-state index contributed by atoms with van der Waals surface area (Å²) in [6, 6.07) is 14.6. The Bertz CT molecular complexity index is 552. The lowest BCUT2D eigenvalue weighted by Gasteiger charge is -2.03. The Morgan fingerprint density at radius 3 is 2.56 bits per heavy atom. The van der Waals surface area contributed by atoms with E-state index in [1.807, 2.05) is 30.3 Å². The third-order valence-corrected chi connectivity index (χ3v) is 3.73. The first-order valence-corrected chi connectivity index (χ1v) is 6.72.